The summed E-state index contributed by atoms with van der Waals surface area (Å²) >= 11 is 0. The SMILES string of the molecule is C=C(C)[C@@H]1CC[C@]2(CO)CC[C@]3(C)[C@H](CC[C@@H]4[C@@]5(C)CCC(=O)C(C)(C)[C@@H]5[C@H](O)C[C@]43C)[C@@H]12. The van der Waals surface area contributed by atoms with Crippen molar-refractivity contribution < 1.29 is 15.0 Å². The van der Waals surface area contributed by atoms with Crippen molar-refractivity contribution in [1.82, 2.24) is 0 Å². The van der Waals surface area contributed by atoms with Gasteiger partial charge in [-0.15, -0.1) is 0 Å². The lowest BCUT2D eigenvalue weighted by molar-refractivity contribution is -0.260. The fourth-order valence-electron chi connectivity index (χ4n) is 11.5. The van der Waals surface area contributed by atoms with Gasteiger partial charge in [-0.25, -0.2) is 0 Å². The molecule has 10 atom stereocenters. The maximum absolute atomic E-state index is 12.9. The molecule has 0 saturated heterocycles. The molecule has 0 amide bonds. The summed E-state index contributed by atoms with van der Waals surface area (Å²) in [6.07, 6.45) is 8.97. The summed E-state index contributed by atoms with van der Waals surface area (Å²) in [6.45, 7) is 18.6. The molecular formula is C30H48O3. The Morgan fingerprint density at radius 3 is 2.33 bits per heavy atom. The van der Waals surface area contributed by atoms with Crippen molar-refractivity contribution in [3.05, 3.63) is 12.2 Å². The zero-order valence-electron chi connectivity index (χ0n) is 22.0. The number of aliphatic hydroxyl groups is 2. The van der Waals surface area contributed by atoms with Gasteiger partial charge in [0.1, 0.15) is 5.78 Å². The van der Waals surface area contributed by atoms with E-state index in [2.05, 4.69) is 48.1 Å². The quantitative estimate of drug-likeness (QED) is 0.488. The molecule has 0 spiro atoms. The highest BCUT2D eigenvalue weighted by Gasteiger charge is 2.72. The lowest BCUT2D eigenvalue weighted by Crippen LogP contribution is -2.69. The first kappa shape index (κ1) is 24.0. The standard InChI is InChI=1S/C30H48O3/c1-18(2)19-10-13-30(17-31)15-14-28(6)20(24(19)30)8-9-22-27(5)12-11-23(33)26(3,4)25(27)21(32)16-29(22,28)7/h19-22,24-25,31-32H,1,8-17H2,2-7H3/t19-,20+,21+,22+,24+,25-,27+,28+,29+,30+/m0/s1. The first-order valence-corrected chi connectivity index (χ1v) is 13.8. The molecule has 5 fully saturated rings. The Kier molecular flexibility index (Phi) is 5.24. The van der Waals surface area contributed by atoms with Gasteiger partial charge in [0.15, 0.2) is 0 Å². The van der Waals surface area contributed by atoms with Crippen molar-refractivity contribution >= 4 is 5.78 Å². The molecular weight excluding hydrogens is 408 g/mol. The summed E-state index contributed by atoms with van der Waals surface area (Å²) in [5.41, 5.74) is 1.14. The van der Waals surface area contributed by atoms with Crippen LogP contribution in [0.1, 0.15) is 99.3 Å². The second-order valence-electron chi connectivity index (χ2n) is 14.5. The van der Waals surface area contributed by atoms with Gasteiger partial charge in [0.2, 0.25) is 0 Å². The third kappa shape index (κ3) is 2.79. The van der Waals surface area contributed by atoms with Crippen LogP contribution in [0.25, 0.3) is 0 Å². The van der Waals surface area contributed by atoms with Crippen LogP contribution in [0.4, 0.5) is 0 Å². The molecule has 0 heterocycles. The molecule has 3 heteroatoms. The molecule has 5 saturated carbocycles. The first-order valence-electron chi connectivity index (χ1n) is 13.8. The van der Waals surface area contributed by atoms with Crippen molar-refractivity contribution in [2.24, 2.45) is 56.7 Å². The second kappa shape index (κ2) is 7.19. The van der Waals surface area contributed by atoms with Crippen LogP contribution in [0.2, 0.25) is 0 Å². The summed E-state index contributed by atoms with van der Waals surface area (Å²) < 4.78 is 0. The zero-order chi connectivity index (χ0) is 24.2. The number of hydrogen-bond donors (Lipinski definition) is 2. The van der Waals surface area contributed by atoms with Gasteiger partial charge in [0, 0.05) is 24.4 Å². The maximum Gasteiger partial charge on any atom is 0.138 e. The third-order valence-electron chi connectivity index (χ3n) is 13.2. The van der Waals surface area contributed by atoms with Crippen LogP contribution in [0.5, 0.6) is 0 Å². The number of carbonyl (C=O) groups excluding carboxylic acids is 1. The van der Waals surface area contributed by atoms with Gasteiger partial charge in [-0.3, -0.25) is 4.79 Å². The largest absolute Gasteiger partial charge is 0.396 e. The molecule has 0 bridgehead atoms. The van der Waals surface area contributed by atoms with Gasteiger partial charge >= 0.3 is 0 Å². The van der Waals surface area contributed by atoms with Gasteiger partial charge < -0.3 is 10.2 Å². The third-order valence-corrected chi connectivity index (χ3v) is 13.2. The molecule has 2 N–H and O–H groups in total. The number of carbonyl (C=O) groups is 1. The average molecular weight is 457 g/mol. The highest BCUT2D eigenvalue weighted by molar-refractivity contribution is 5.85. The summed E-state index contributed by atoms with van der Waals surface area (Å²) in [5, 5.41) is 22.4. The van der Waals surface area contributed by atoms with Gasteiger partial charge in [-0.2, -0.15) is 0 Å². The summed E-state index contributed by atoms with van der Waals surface area (Å²) in [7, 11) is 0. The molecule has 33 heavy (non-hydrogen) atoms. The Labute approximate surface area is 201 Å². The highest BCUT2D eigenvalue weighted by atomic mass is 16.3. The molecule has 5 rings (SSSR count). The number of allylic oxidation sites excluding steroid dienone is 1. The van der Waals surface area contributed by atoms with Gasteiger partial charge in [-0.1, -0.05) is 46.8 Å². The molecule has 186 valence electrons. The van der Waals surface area contributed by atoms with Crippen molar-refractivity contribution in [1.29, 1.82) is 0 Å². The highest BCUT2D eigenvalue weighted by Crippen LogP contribution is 2.77. The van der Waals surface area contributed by atoms with Crippen LogP contribution in [0, 0.1) is 56.7 Å². The minimum Gasteiger partial charge on any atom is -0.396 e. The van der Waals surface area contributed by atoms with E-state index < -0.39 is 11.5 Å². The molecule has 5 aliphatic carbocycles. The first-order chi connectivity index (χ1) is 15.3. The van der Waals surface area contributed by atoms with Crippen LogP contribution in [-0.2, 0) is 4.79 Å². The van der Waals surface area contributed by atoms with E-state index in [1.165, 1.54) is 24.8 Å². The fraction of sp³-hybridized carbons (Fsp3) is 0.900. The number of fused-ring (bicyclic) bond motifs is 7. The molecule has 0 unspecified atom stereocenters. The molecule has 5 aliphatic rings. The second-order valence-corrected chi connectivity index (χ2v) is 14.5. The van der Waals surface area contributed by atoms with Crippen LogP contribution >= 0.6 is 0 Å². The van der Waals surface area contributed by atoms with E-state index in [1.807, 2.05) is 0 Å². The summed E-state index contributed by atoms with van der Waals surface area (Å²) in [4.78, 5) is 12.9. The normalized spacial score (nSPS) is 55.2. The van der Waals surface area contributed by atoms with Crippen LogP contribution in [0.15, 0.2) is 12.2 Å². The molecule has 0 aromatic carbocycles. The topological polar surface area (TPSA) is 57.5 Å². The Balaban J connectivity index is 1.59. The zero-order valence-corrected chi connectivity index (χ0v) is 22.0. The monoisotopic (exact) mass is 456 g/mol. The average Bonchev–Trinajstić information content (AvgIpc) is 3.12. The number of hydrogen-bond acceptors (Lipinski definition) is 3. The lowest BCUT2D eigenvalue weighted by Gasteiger charge is -2.73. The van der Waals surface area contributed by atoms with E-state index in [1.54, 1.807) is 0 Å². The minimum absolute atomic E-state index is 0.00670. The lowest BCUT2D eigenvalue weighted by atomic mass is 9.32. The fourth-order valence-corrected chi connectivity index (χ4v) is 11.5. The van der Waals surface area contributed by atoms with Crippen LogP contribution < -0.4 is 0 Å². The summed E-state index contributed by atoms with van der Waals surface area (Å²) in [6, 6.07) is 0. The van der Waals surface area contributed by atoms with Crippen LogP contribution in [0.3, 0.4) is 0 Å². The molecule has 0 radical (unpaired) electrons. The van der Waals surface area contributed by atoms with Crippen LogP contribution in [-0.4, -0.2) is 28.7 Å². The molecule has 3 nitrogen and oxygen atoms in total. The minimum atomic E-state index is -0.444. The van der Waals surface area contributed by atoms with Crippen molar-refractivity contribution in [2.45, 2.75) is 105 Å². The Bertz CT molecular complexity index is 861. The Morgan fingerprint density at radius 1 is 1.00 bits per heavy atom. The number of rotatable bonds is 2. The maximum atomic E-state index is 12.9. The van der Waals surface area contributed by atoms with E-state index in [0.717, 1.165) is 32.1 Å². The van der Waals surface area contributed by atoms with Gasteiger partial charge in [0.05, 0.1) is 6.10 Å². The van der Waals surface area contributed by atoms with E-state index in [9.17, 15) is 15.0 Å². The van der Waals surface area contributed by atoms with Crippen molar-refractivity contribution in [2.75, 3.05) is 6.61 Å². The predicted molar refractivity (Wildman–Crippen MR) is 132 cm³/mol. The molecule has 0 aliphatic heterocycles. The number of aliphatic hydroxyl groups excluding tert-OH is 2. The van der Waals surface area contributed by atoms with E-state index in [4.69, 9.17) is 0 Å². The molecule has 0 aromatic rings. The smallest absolute Gasteiger partial charge is 0.138 e. The van der Waals surface area contributed by atoms with E-state index in [0.29, 0.717) is 42.5 Å². The van der Waals surface area contributed by atoms with Gasteiger partial charge in [0.25, 0.3) is 0 Å². The van der Waals surface area contributed by atoms with E-state index in [-0.39, 0.29) is 27.6 Å². The van der Waals surface area contributed by atoms with Gasteiger partial charge in [-0.05, 0) is 104 Å². The number of Topliss-reactive ketones (excluding diaryl/α,β-unsaturated/α-hetero) is 1. The van der Waals surface area contributed by atoms with Crippen molar-refractivity contribution in [3.63, 3.8) is 0 Å². The molecule has 0 aromatic heterocycles. The Hall–Kier alpha value is -0.670. The number of ketones is 1. The van der Waals surface area contributed by atoms with E-state index >= 15 is 0 Å². The summed E-state index contributed by atoms with van der Waals surface area (Å²) in [5.74, 6) is 2.55. The Morgan fingerprint density at radius 2 is 1.70 bits per heavy atom. The predicted octanol–water partition coefficient (Wildman–Crippen LogP) is 6.18. The van der Waals surface area contributed by atoms with Crippen molar-refractivity contribution in [3.8, 4) is 0 Å².